The third-order valence-corrected chi connectivity index (χ3v) is 3.88. The van der Waals surface area contributed by atoms with Crippen LogP contribution in [-0.2, 0) is 0 Å². The van der Waals surface area contributed by atoms with E-state index in [1.165, 1.54) is 17.7 Å². The van der Waals surface area contributed by atoms with E-state index >= 15 is 0 Å². The van der Waals surface area contributed by atoms with Crippen molar-refractivity contribution in [2.75, 3.05) is 0 Å². The molecular formula is C15H15NO. The van der Waals surface area contributed by atoms with Crippen LogP contribution in [0.5, 0.6) is 5.75 Å². The van der Waals surface area contributed by atoms with E-state index < -0.39 is 0 Å². The summed E-state index contributed by atoms with van der Waals surface area (Å²) in [4.78, 5) is 0. The number of benzene rings is 1. The fourth-order valence-corrected chi connectivity index (χ4v) is 2.92. The Morgan fingerprint density at radius 1 is 1.24 bits per heavy atom. The summed E-state index contributed by atoms with van der Waals surface area (Å²) in [6.07, 6.45) is 5.53. The lowest BCUT2D eigenvalue weighted by Crippen LogP contribution is -2.29. The van der Waals surface area contributed by atoms with Gasteiger partial charge in [0.05, 0.1) is 5.70 Å². The van der Waals surface area contributed by atoms with Crippen LogP contribution in [0, 0.1) is 5.92 Å². The number of dihydropyridines is 1. The highest BCUT2D eigenvalue weighted by Gasteiger charge is 2.46. The Hall–Kier alpha value is -1.70. The molecule has 4 rings (SSSR count). The second-order valence-corrected chi connectivity index (χ2v) is 5.16. The van der Waals surface area contributed by atoms with Gasteiger partial charge in [-0.05, 0) is 37.0 Å². The van der Waals surface area contributed by atoms with Gasteiger partial charge in [-0.1, -0.05) is 24.3 Å². The molecule has 0 amide bonds. The van der Waals surface area contributed by atoms with E-state index in [-0.39, 0.29) is 0 Å². The number of nitrogens with one attached hydrogen (secondary N) is 1. The number of hydrogen-bond acceptors (Lipinski definition) is 2. The molecule has 2 nitrogen and oxygen atoms in total. The lowest BCUT2D eigenvalue weighted by molar-refractivity contribution is 0.420. The second-order valence-electron chi connectivity index (χ2n) is 5.16. The minimum absolute atomic E-state index is 0.416. The Morgan fingerprint density at radius 3 is 3.06 bits per heavy atom. The topological polar surface area (TPSA) is 21.3 Å². The van der Waals surface area contributed by atoms with Crippen molar-refractivity contribution >= 4 is 0 Å². The highest BCUT2D eigenvalue weighted by atomic mass is 16.5. The summed E-state index contributed by atoms with van der Waals surface area (Å²) < 4.78 is 6.04. The van der Waals surface area contributed by atoms with E-state index in [9.17, 15) is 0 Å². The van der Waals surface area contributed by atoms with Gasteiger partial charge in [0, 0.05) is 12.0 Å². The summed E-state index contributed by atoms with van der Waals surface area (Å²) in [5.41, 5.74) is 2.68. The van der Waals surface area contributed by atoms with Gasteiger partial charge in [0.1, 0.15) is 11.5 Å². The van der Waals surface area contributed by atoms with Crippen molar-refractivity contribution in [3.63, 3.8) is 0 Å². The first kappa shape index (κ1) is 9.34. The van der Waals surface area contributed by atoms with Crippen molar-refractivity contribution < 1.29 is 4.74 Å². The van der Waals surface area contributed by atoms with Gasteiger partial charge in [-0.2, -0.15) is 0 Å². The molecule has 0 aromatic heterocycles. The Morgan fingerprint density at radius 2 is 2.12 bits per heavy atom. The Kier molecular flexibility index (Phi) is 1.74. The number of hydrogen-bond donors (Lipinski definition) is 1. The Balaban J connectivity index is 1.82. The smallest absolute Gasteiger partial charge is 0.146 e. The molecule has 0 radical (unpaired) electrons. The molecule has 0 bridgehead atoms. The summed E-state index contributed by atoms with van der Waals surface area (Å²) in [5.74, 6) is 3.34. The second kappa shape index (κ2) is 3.16. The number of rotatable bonds is 0. The van der Waals surface area contributed by atoms with Crippen LogP contribution in [-0.4, -0.2) is 6.04 Å². The summed E-state index contributed by atoms with van der Waals surface area (Å²) in [6.45, 7) is 2.18. The lowest BCUT2D eigenvalue weighted by Gasteiger charge is -2.21. The van der Waals surface area contributed by atoms with E-state index in [1.54, 1.807) is 0 Å². The molecule has 2 aliphatic heterocycles. The molecule has 3 aliphatic rings. The first-order valence-electron chi connectivity index (χ1n) is 6.28. The predicted molar refractivity (Wildman–Crippen MR) is 66.7 cm³/mol. The van der Waals surface area contributed by atoms with Crippen LogP contribution >= 0.6 is 0 Å². The average molecular weight is 225 g/mol. The van der Waals surface area contributed by atoms with Gasteiger partial charge >= 0.3 is 0 Å². The van der Waals surface area contributed by atoms with Crippen molar-refractivity contribution in [3.8, 4) is 5.75 Å². The van der Waals surface area contributed by atoms with Gasteiger partial charge < -0.3 is 10.1 Å². The van der Waals surface area contributed by atoms with E-state index in [1.807, 2.05) is 6.07 Å². The van der Waals surface area contributed by atoms with Crippen LogP contribution < -0.4 is 10.1 Å². The fourth-order valence-electron chi connectivity index (χ4n) is 2.92. The molecule has 1 fully saturated rings. The van der Waals surface area contributed by atoms with Gasteiger partial charge in [-0.3, -0.25) is 0 Å². The van der Waals surface area contributed by atoms with Crippen molar-refractivity contribution in [3.05, 3.63) is 53.4 Å². The Labute approximate surface area is 101 Å². The molecule has 2 heterocycles. The first-order valence-corrected chi connectivity index (χ1v) is 6.28. The van der Waals surface area contributed by atoms with Gasteiger partial charge in [0.15, 0.2) is 0 Å². The molecule has 17 heavy (non-hydrogen) atoms. The van der Waals surface area contributed by atoms with Crippen LogP contribution in [0.2, 0.25) is 0 Å². The average Bonchev–Trinajstić information content (AvgIpc) is 3.11. The van der Waals surface area contributed by atoms with Crippen molar-refractivity contribution in [1.82, 2.24) is 5.32 Å². The minimum atomic E-state index is 0.416. The molecule has 3 atom stereocenters. The fraction of sp³-hybridized carbons (Fsp3) is 0.333. The van der Waals surface area contributed by atoms with Crippen LogP contribution in [0.4, 0.5) is 0 Å². The van der Waals surface area contributed by atoms with Crippen molar-refractivity contribution in [2.45, 2.75) is 25.3 Å². The quantitative estimate of drug-likeness (QED) is 0.733. The zero-order valence-corrected chi connectivity index (χ0v) is 9.81. The van der Waals surface area contributed by atoms with Gasteiger partial charge in [-0.15, -0.1) is 0 Å². The molecule has 0 spiro atoms. The molecule has 0 saturated heterocycles. The van der Waals surface area contributed by atoms with Crippen LogP contribution in [0.25, 0.3) is 0 Å². The van der Waals surface area contributed by atoms with Gasteiger partial charge in [0.2, 0.25) is 0 Å². The standard InChI is InChI=1S/C15H15NO/c1-9-6-7-14-15(16-9)12-8-11(12)10-4-2-3-5-13(10)17-14/h2-7,9,11-12,16H,8H2,1H3. The van der Waals surface area contributed by atoms with Gasteiger partial charge in [0.25, 0.3) is 0 Å². The highest BCUT2D eigenvalue weighted by molar-refractivity contribution is 5.48. The predicted octanol–water partition coefficient (Wildman–Crippen LogP) is 2.94. The molecular weight excluding hydrogens is 210 g/mol. The summed E-state index contributed by atoms with van der Waals surface area (Å²) >= 11 is 0. The molecule has 1 aromatic carbocycles. The number of allylic oxidation sites excluding steroid dienone is 2. The highest BCUT2D eigenvalue weighted by Crippen LogP contribution is 2.56. The van der Waals surface area contributed by atoms with Crippen molar-refractivity contribution in [2.24, 2.45) is 5.92 Å². The largest absolute Gasteiger partial charge is 0.455 e. The summed E-state index contributed by atoms with van der Waals surface area (Å²) in [5, 5.41) is 3.55. The normalized spacial score (nSPS) is 32.6. The van der Waals surface area contributed by atoms with Gasteiger partial charge in [-0.25, -0.2) is 0 Å². The third kappa shape index (κ3) is 1.33. The molecule has 86 valence electrons. The van der Waals surface area contributed by atoms with E-state index in [0.29, 0.717) is 17.9 Å². The van der Waals surface area contributed by atoms with Crippen molar-refractivity contribution in [1.29, 1.82) is 0 Å². The van der Waals surface area contributed by atoms with Crippen LogP contribution in [0.15, 0.2) is 47.9 Å². The molecule has 1 saturated carbocycles. The summed E-state index contributed by atoms with van der Waals surface area (Å²) in [6, 6.07) is 8.84. The lowest BCUT2D eigenvalue weighted by atomic mass is 10.1. The third-order valence-electron chi connectivity index (χ3n) is 3.88. The molecule has 1 aliphatic carbocycles. The number of ether oxygens (including phenoxy) is 1. The first-order chi connectivity index (χ1) is 8.33. The molecule has 2 heteroatoms. The zero-order valence-electron chi connectivity index (χ0n) is 9.81. The zero-order chi connectivity index (χ0) is 11.4. The van der Waals surface area contributed by atoms with E-state index in [4.69, 9.17) is 4.74 Å². The SMILES string of the molecule is CC1C=CC2=C(N1)C1CC1c1ccccc1O2. The maximum atomic E-state index is 6.04. The van der Waals surface area contributed by atoms with E-state index in [0.717, 1.165) is 11.5 Å². The molecule has 1 aromatic rings. The number of fused-ring (bicyclic) bond motifs is 4. The maximum Gasteiger partial charge on any atom is 0.146 e. The molecule has 3 unspecified atom stereocenters. The Bertz CT molecular complexity index is 544. The monoisotopic (exact) mass is 225 g/mol. The summed E-state index contributed by atoms with van der Waals surface area (Å²) in [7, 11) is 0. The number of para-hydroxylation sites is 1. The van der Waals surface area contributed by atoms with Crippen LogP contribution in [0.3, 0.4) is 0 Å². The minimum Gasteiger partial charge on any atom is -0.455 e. The van der Waals surface area contributed by atoms with Crippen LogP contribution in [0.1, 0.15) is 24.8 Å². The van der Waals surface area contributed by atoms with E-state index in [2.05, 4.69) is 42.6 Å². The maximum absolute atomic E-state index is 6.04. The molecule has 1 N–H and O–H groups in total.